The van der Waals surface area contributed by atoms with Crippen molar-refractivity contribution in [1.82, 2.24) is 4.90 Å². The van der Waals surface area contributed by atoms with E-state index in [0.717, 1.165) is 63.4 Å². The maximum Gasteiger partial charge on any atom is 0.329 e. The van der Waals surface area contributed by atoms with Crippen LogP contribution in [0.1, 0.15) is 82.1 Å². The minimum atomic E-state index is -0.533. The number of ether oxygens (including phenoxy) is 4. The zero-order valence-corrected chi connectivity index (χ0v) is 22.0. The predicted octanol–water partition coefficient (Wildman–Crippen LogP) is 5.41. The molecule has 2 fully saturated rings. The Hall–Kier alpha value is -2.70. The fourth-order valence-electron chi connectivity index (χ4n) is 6.09. The standard InChI is InChI=1S/C29H41NO6/c1-33-24-18-21(19-25(34-2)27(24)35-3)26(20-12-6-4-7-13-20)28(31)30-17-11-10-16-23(30)29(32)36-22-14-8-5-9-15-22/h8,14,18-20,22-23,26H,4-7,9-13,15-17H2,1-3H3/t22?,23-,26?/m0/s1. The first-order valence-corrected chi connectivity index (χ1v) is 13.5. The van der Waals surface area contributed by atoms with Gasteiger partial charge >= 0.3 is 5.97 Å². The number of piperidine rings is 1. The van der Waals surface area contributed by atoms with Gasteiger partial charge in [0.05, 0.1) is 27.2 Å². The van der Waals surface area contributed by atoms with Crippen LogP contribution in [0.25, 0.3) is 0 Å². The van der Waals surface area contributed by atoms with E-state index in [1.807, 2.05) is 18.2 Å². The minimum absolute atomic E-state index is 0.0111. The van der Waals surface area contributed by atoms with Gasteiger partial charge in [-0.1, -0.05) is 25.3 Å². The first kappa shape index (κ1) is 26.4. The molecular formula is C29H41NO6. The number of benzene rings is 1. The van der Waals surface area contributed by atoms with Crippen molar-refractivity contribution in [3.8, 4) is 17.2 Å². The van der Waals surface area contributed by atoms with E-state index >= 15 is 0 Å². The molecule has 0 spiro atoms. The van der Waals surface area contributed by atoms with E-state index in [9.17, 15) is 9.59 Å². The van der Waals surface area contributed by atoms with Gasteiger partial charge in [0.1, 0.15) is 12.1 Å². The third-order valence-corrected chi connectivity index (χ3v) is 7.97. The quantitative estimate of drug-likeness (QED) is 0.352. The van der Waals surface area contributed by atoms with Crippen molar-refractivity contribution < 1.29 is 28.5 Å². The summed E-state index contributed by atoms with van der Waals surface area (Å²) in [5.74, 6) is 1.16. The lowest BCUT2D eigenvalue weighted by Crippen LogP contribution is -2.51. The highest BCUT2D eigenvalue weighted by atomic mass is 16.5. The molecule has 0 bridgehead atoms. The number of methoxy groups -OCH3 is 3. The minimum Gasteiger partial charge on any atom is -0.493 e. The summed E-state index contributed by atoms with van der Waals surface area (Å²) in [5, 5.41) is 0. The molecular weight excluding hydrogens is 458 g/mol. The SMILES string of the molecule is COc1cc(C(C(=O)N2CCCC[C@H]2C(=O)OC2C=CCCC2)C2CCCCC2)cc(OC)c1OC. The Morgan fingerprint density at radius 3 is 2.17 bits per heavy atom. The van der Waals surface area contributed by atoms with Gasteiger partial charge in [-0.2, -0.15) is 0 Å². The number of allylic oxidation sites excluding steroid dienone is 1. The molecule has 0 radical (unpaired) electrons. The molecule has 36 heavy (non-hydrogen) atoms. The summed E-state index contributed by atoms with van der Waals surface area (Å²) in [6, 6.07) is 3.28. The Morgan fingerprint density at radius 2 is 1.56 bits per heavy atom. The summed E-state index contributed by atoms with van der Waals surface area (Å²) >= 11 is 0. The molecule has 7 nitrogen and oxygen atoms in total. The molecule has 1 saturated carbocycles. The summed E-state index contributed by atoms with van der Waals surface area (Å²) in [5.41, 5.74) is 0.856. The second-order valence-electron chi connectivity index (χ2n) is 10.2. The summed E-state index contributed by atoms with van der Waals surface area (Å²) in [7, 11) is 4.76. The second-order valence-corrected chi connectivity index (χ2v) is 10.2. The van der Waals surface area contributed by atoms with Crippen molar-refractivity contribution in [3.63, 3.8) is 0 Å². The van der Waals surface area contributed by atoms with E-state index in [2.05, 4.69) is 6.08 Å². The summed E-state index contributed by atoms with van der Waals surface area (Å²) < 4.78 is 22.6. The van der Waals surface area contributed by atoms with Crippen LogP contribution in [-0.2, 0) is 14.3 Å². The molecule has 2 aliphatic carbocycles. The number of esters is 1. The highest BCUT2D eigenvalue weighted by molar-refractivity contribution is 5.89. The van der Waals surface area contributed by atoms with Crippen molar-refractivity contribution >= 4 is 11.9 Å². The van der Waals surface area contributed by atoms with Crippen LogP contribution < -0.4 is 14.2 Å². The summed E-state index contributed by atoms with van der Waals surface area (Å²) in [6.07, 6.45) is 14.6. The van der Waals surface area contributed by atoms with Crippen LogP contribution in [0.4, 0.5) is 0 Å². The maximum absolute atomic E-state index is 14.4. The molecule has 3 atom stereocenters. The lowest BCUT2D eigenvalue weighted by atomic mass is 9.75. The van der Waals surface area contributed by atoms with Gasteiger partial charge in [0, 0.05) is 6.54 Å². The first-order valence-electron chi connectivity index (χ1n) is 13.5. The van der Waals surface area contributed by atoms with E-state index in [4.69, 9.17) is 18.9 Å². The fraction of sp³-hybridized carbons (Fsp3) is 0.655. The topological polar surface area (TPSA) is 74.3 Å². The lowest BCUT2D eigenvalue weighted by molar-refractivity contribution is -0.161. The van der Waals surface area contributed by atoms with Crippen molar-refractivity contribution in [3.05, 3.63) is 29.8 Å². The number of amides is 1. The molecule has 2 unspecified atom stereocenters. The number of nitrogens with zero attached hydrogens (tertiary/aromatic N) is 1. The first-order chi connectivity index (χ1) is 17.6. The Balaban J connectivity index is 1.66. The van der Waals surface area contributed by atoms with E-state index in [1.54, 1.807) is 26.2 Å². The van der Waals surface area contributed by atoms with Gasteiger partial charge in [-0.25, -0.2) is 4.79 Å². The highest BCUT2D eigenvalue weighted by Gasteiger charge is 2.41. The lowest BCUT2D eigenvalue weighted by Gasteiger charge is -2.39. The van der Waals surface area contributed by atoms with Crippen LogP contribution in [0.2, 0.25) is 0 Å². The second kappa shape index (κ2) is 12.5. The van der Waals surface area contributed by atoms with E-state index < -0.39 is 6.04 Å². The molecule has 1 saturated heterocycles. The van der Waals surface area contributed by atoms with Crippen LogP contribution in [0.15, 0.2) is 24.3 Å². The molecule has 4 rings (SSSR count). The van der Waals surface area contributed by atoms with Crippen LogP contribution >= 0.6 is 0 Å². The molecule has 1 heterocycles. The van der Waals surface area contributed by atoms with Crippen molar-refractivity contribution in [1.29, 1.82) is 0 Å². The Kier molecular flexibility index (Phi) is 9.16. The Labute approximate surface area is 215 Å². The molecule has 198 valence electrons. The van der Waals surface area contributed by atoms with E-state index in [0.29, 0.717) is 30.2 Å². The molecule has 1 aliphatic heterocycles. The molecule has 0 aromatic heterocycles. The smallest absolute Gasteiger partial charge is 0.329 e. The van der Waals surface area contributed by atoms with Gasteiger partial charge in [0.25, 0.3) is 0 Å². The van der Waals surface area contributed by atoms with E-state index in [-0.39, 0.29) is 29.8 Å². The van der Waals surface area contributed by atoms with Crippen molar-refractivity contribution in [2.45, 2.75) is 88.7 Å². The maximum atomic E-state index is 14.4. The third kappa shape index (κ3) is 5.81. The zero-order chi connectivity index (χ0) is 25.5. The molecule has 3 aliphatic rings. The monoisotopic (exact) mass is 499 g/mol. The van der Waals surface area contributed by atoms with Gasteiger partial charge in [-0.05, 0) is 81.1 Å². The zero-order valence-electron chi connectivity index (χ0n) is 22.0. The van der Waals surface area contributed by atoms with Gasteiger partial charge in [0.15, 0.2) is 11.5 Å². The van der Waals surface area contributed by atoms with Gasteiger partial charge < -0.3 is 23.8 Å². The average molecular weight is 500 g/mol. The number of carbonyl (C=O) groups is 2. The van der Waals surface area contributed by atoms with Crippen LogP contribution in [0.3, 0.4) is 0 Å². The van der Waals surface area contributed by atoms with Crippen LogP contribution in [0.5, 0.6) is 17.2 Å². The number of hydrogen-bond donors (Lipinski definition) is 0. The Morgan fingerprint density at radius 1 is 0.861 bits per heavy atom. The fourth-order valence-corrected chi connectivity index (χ4v) is 6.09. The summed E-state index contributed by atoms with van der Waals surface area (Å²) in [4.78, 5) is 29.5. The van der Waals surface area contributed by atoms with Crippen molar-refractivity contribution in [2.75, 3.05) is 27.9 Å². The number of carbonyl (C=O) groups excluding carboxylic acids is 2. The van der Waals surface area contributed by atoms with Gasteiger partial charge in [-0.15, -0.1) is 0 Å². The van der Waals surface area contributed by atoms with E-state index in [1.165, 1.54) is 6.42 Å². The van der Waals surface area contributed by atoms with Gasteiger partial charge in [0.2, 0.25) is 11.7 Å². The largest absolute Gasteiger partial charge is 0.493 e. The van der Waals surface area contributed by atoms with Crippen LogP contribution in [0, 0.1) is 5.92 Å². The predicted molar refractivity (Wildman–Crippen MR) is 138 cm³/mol. The average Bonchev–Trinajstić information content (AvgIpc) is 2.93. The summed E-state index contributed by atoms with van der Waals surface area (Å²) in [6.45, 7) is 0.576. The third-order valence-electron chi connectivity index (χ3n) is 7.97. The molecule has 1 aromatic carbocycles. The highest BCUT2D eigenvalue weighted by Crippen LogP contribution is 2.45. The number of rotatable bonds is 8. The Bertz CT molecular complexity index is 913. The number of hydrogen-bond acceptors (Lipinski definition) is 6. The molecule has 1 amide bonds. The van der Waals surface area contributed by atoms with Gasteiger partial charge in [-0.3, -0.25) is 4.79 Å². The number of likely N-dealkylation sites (tertiary alicyclic amines) is 1. The molecule has 0 N–H and O–H groups in total. The van der Waals surface area contributed by atoms with Crippen LogP contribution in [-0.4, -0.2) is 56.8 Å². The molecule has 1 aromatic rings. The molecule has 7 heteroatoms. The van der Waals surface area contributed by atoms with Crippen molar-refractivity contribution in [2.24, 2.45) is 5.92 Å². The normalized spacial score (nSPS) is 23.6.